The Hall–Kier alpha value is -2.08. The zero-order valence-corrected chi connectivity index (χ0v) is 12.2. The van der Waals surface area contributed by atoms with Crippen molar-refractivity contribution < 1.29 is 13.5 Å². The quantitative estimate of drug-likeness (QED) is 0.920. The molecule has 1 N–H and O–H groups in total. The van der Waals surface area contributed by atoms with Gasteiger partial charge in [0, 0.05) is 29.8 Å². The fourth-order valence-electron chi connectivity index (χ4n) is 2.16. The molecular formula is C15H17F2N3O. The smallest absolute Gasteiger partial charge is 0.216 e. The molecule has 6 heteroatoms. The van der Waals surface area contributed by atoms with Crippen molar-refractivity contribution in [1.29, 1.82) is 0 Å². The number of rotatable bonds is 5. The summed E-state index contributed by atoms with van der Waals surface area (Å²) in [5.41, 5.74) is 1.07. The van der Waals surface area contributed by atoms with Crippen LogP contribution in [-0.2, 0) is 6.42 Å². The second-order valence-corrected chi connectivity index (χ2v) is 4.69. The van der Waals surface area contributed by atoms with Gasteiger partial charge in [0.25, 0.3) is 0 Å². The predicted molar refractivity (Wildman–Crippen MR) is 75.2 cm³/mol. The lowest BCUT2D eigenvalue weighted by Gasteiger charge is -2.18. The van der Waals surface area contributed by atoms with Crippen LogP contribution in [0.25, 0.3) is 0 Å². The van der Waals surface area contributed by atoms with Crippen molar-refractivity contribution in [3.05, 3.63) is 53.0 Å². The van der Waals surface area contributed by atoms with Crippen LogP contribution in [0.4, 0.5) is 8.78 Å². The molecule has 2 rings (SSSR count). The summed E-state index contributed by atoms with van der Waals surface area (Å²) in [4.78, 5) is 8.02. The molecule has 1 heterocycles. The van der Waals surface area contributed by atoms with Crippen LogP contribution >= 0.6 is 0 Å². The second-order valence-electron chi connectivity index (χ2n) is 4.69. The molecule has 0 spiro atoms. The maximum Gasteiger partial charge on any atom is 0.216 e. The lowest BCUT2D eigenvalue weighted by atomic mass is 9.98. The van der Waals surface area contributed by atoms with E-state index < -0.39 is 17.7 Å². The highest BCUT2D eigenvalue weighted by Crippen LogP contribution is 2.26. The van der Waals surface area contributed by atoms with Gasteiger partial charge in [-0.2, -0.15) is 0 Å². The summed E-state index contributed by atoms with van der Waals surface area (Å²) in [7, 11) is 3.16. The number of benzene rings is 1. The molecule has 1 atom stereocenters. The molecule has 2 aromatic rings. The Balaban J connectivity index is 2.34. The topological polar surface area (TPSA) is 47.0 Å². The molecule has 0 saturated heterocycles. The van der Waals surface area contributed by atoms with Crippen molar-refractivity contribution in [2.75, 3.05) is 14.2 Å². The molecule has 4 nitrogen and oxygen atoms in total. The van der Waals surface area contributed by atoms with Crippen LogP contribution in [0, 0.1) is 18.6 Å². The van der Waals surface area contributed by atoms with Gasteiger partial charge in [0.15, 0.2) is 0 Å². The van der Waals surface area contributed by atoms with Gasteiger partial charge < -0.3 is 10.1 Å². The zero-order chi connectivity index (χ0) is 15.4. The molecule has 0 aliphatic carbocycles. The summed E-state index contributed by atoms with van der Waals surface area (Å²) >= 11 is 0. The molecule has 0 fully saturated rings. The summed E-state index contributed by atoms with van der Waals surface area (Å²) in [5.74, 6) is -0.686. The third-order valence-electron chi connectivity index (χ3n) is 3.34. The molecule has 0 radical (unpaired) electrons. The van der Waals surface area contributed by atoms with Crippen molar-refractivity contribution in [2.45, 2.75) is 19.4 Å². The Bertz CT molecular complexity index is 634. The number of aryl methyl sites for hydroxylation is 1. The van der Waals surface area contributed by atoms with E-state index in [4.69, 9.17) is 4.74 Å². The number of nitrogens with one attached hydrogen (secondary N) is 1. The minimum absolute atomic E-state index is 0.0232. The highest BCUT2D eigenvalue weighted by Gasteiger charge is 2.21. The maximum absolute atomic E-state index is 14.2. The summed E-state index contributed by atoms with van der Waals surface area (Å²) in [6, 6.07) is 3.83. The Kier molecular flexibility index (Phi) is 4.80. The van der Waals surface area contributed by atoms with Gasteiger partial charge in [0.2, 0.25) is 5.88 Å². The Morgan fingerprint density at radius 1 is 1.29 bits per heavy atom. The van der Waals surface area contributed by atoms with E-state index in [2.05, 4.69) is 15.3 Å². The largest absolute Gasteiger partial charge is 0.481 e. The van der Waals surface area contributed by atoms with E-state index >= 15 is 0 Å². The Labute approximate surface area is 122 Å². The molecule has 1 aromatic heterocycles. The fourth-order valence-corrected chi connectivity index (χ4v) is 2.16. The van der Waals surface area contributed by atoms with Gasteiger partial charge in [-0.1, -0.05) is 6.07 Å². The van der Waals surface area contributed by atoms with Crippen LogP contribution in [0.2, 0.25) is 0 Å². The third-order valence-corrected chi connectivity index (χ3v) is 3.34. The van der Waals surface area contributed by atoms with E-state index in [1.807, 2.05) is 0 Å². The highest BCUT2D eigenvalue weighted by atomic mass is 19.1. The summed E-state index contributed by atoms with van der Waals surface area (Å²) in [6.45, 7) is 1.61. The summed E-state index contributed by atoms with van der Waals surface area (Å²) < 4.78 is 33.2. The van der Waals surface area contributed by atoms with Crippen molar-refractivity contribution in [2.24, 2.45) is 0 Å². The molecule has 21 heavy (non-hydrogen) atoms. The predicted octanol–water partition coefficient (Wildman–Crippen LogP) is 2.58. The fraction of sp³-hybridized carbons (Fsp3) is 0.333. The maximum atomic E-state index is 14.2. The van der Waals surface area contributed by atoms with E-state index in [0.717, 1.165) is 0 Å². The lowest BCUT2D eigenvalue weighted by Crippen LogP contribution is -2.22. The van der Waals surface area contributed by atoms with Crippen molar-refractivity contribution in [1.82, 2.24) is 15.3 Å². The van der Waals surface area contributed by atoms with Gasteiger partial charge >= 0.3 is 0 Å². The first-order valence-corrected chi connectivity index (χ1v) is 6.53. The molecule has 1 aromatic carbocycles. The average molecular weight is 293 g/mol. The normalized spacial score (nSPS) is 12.2. The molecule has 1 unspecified atom stereocenters. The molecule has 0 amide bonds. The zero-order valence-electron chi connectivity index (χ0n) is 12.2. The van der Waals surface area contributed by atoms with Gasteiger partial charge in [-0.15, -0.1) is 0 Å². The molecule has 112 valence electrons. The van der Waals surface area contributed by atoms with Crippen LogP contribution in [-0.4, -0.2) is 24.1 Å². The van der Waals surface area contributed by atoms with Crippen molar-refractivity contribution in [3.8, 4) is 5.88 Å². The number of halogens is 2. The first kappa shape index (κ1) is 15.3. The van der Waals surface area contributed by atoms with Crippen LogP contribution < -0.4 is 10.1 Å². The number of hydrogen-bond acceptors (Lipinski definition) is 4. The number of methoxy groups -OCH3 is 1. The second kappa shape index (κ2) is 6.58. The molecule has 0 saturated carbocycles. The van der Waals surface area contributed by atoms with E-state index in [-0.39, 0.29) is 5.56 Å². The summed E-state index contributed by atoms with van der Waals surface area (Å²) in [5, 5.41) is 2.93. The first-order chi connectivity index (χ1) is 10.1. The van der Waals surface area contributed by atoms with Gasteiger partial charge in [-0.3, -0.25) is 0 Å². The van der Waals surface area contributed by atoms with Gasteiger partial charge in [-0.25, -0.2) is 18.7 Å². The minimum Gasteiger partial charge on any atom is -0.481 e. The highest BCUT2D eigenvalue weighted by molar-refractivity contribution is 5.30. The molecular weight excluding hydrogens is 276 g/mol. The number of nitrogens with zero attached hydrogens (tertiary/aromatic N) is 2. The lowest BCUT2D eigenvalue weighted by molar-refractivity contribution is 0.395. The first-order valence-electron chi connectivity index (χ1n) is 6.53. The standard InChI is InChI=1S/C15H17F2N3O/c1-9-4-5-11(16)14(15(9)17)12(18-2)6-10-7-13(21-3)20-8-19-10/h4-5,7-8,12,18H,6H2,1-3H3. The minimum atomic E-state index is -0.571. The molecule has 0 aliphatic rings. The van der Waals surface area contributed by atoms with E-state index in [1.54, 1.807) is 20.0 Å². The Morgan fingerprint density at radius 2 is 2.05 bits per heavy atom. The molecule has 0 bridgehead atoms. The van der Waals surface area contributed by atoms with Crippen molar-refractivity contribution >= 4 is 0 Å². The number of ether oxygens (including phenoxy) is 1. The van der Waals surface area contributed by atoms with Gasteiger partial charge in [0.1, 0.15) is 18.0 Å². The average Bonchev–Trinajstić information content (AvgIpc) is 2.50. The SMILES string of the molecule is CNC(Cc1cc(OC)ncn1)c1c(F)ccc(C)c1F. The van der Waals surface area contributed by atoms with Gasteiger partial charge in [-0.05, 0) is 25.6 Å². The Morgan fingerprint density at radius 3 is 2.71 bits per heavy atom. The van der Waals surface area contributed by atoms with Crippen LogP contribution in [0.1, 0.15) is 22.9 Å². The number of likely N-dealkylation sites (N-methyl/N-ethyl adjacent to an activating group) is 1. The van der Waals surface area contributed by atoms with Crippen LogP contribution in [0.3, 0.4) is 0 Å². The van der Waals surface area contributed by atoms with Crippen molar-refractivity contribution in [3.63, 3.8) is 0 Å². The van der Waals surface area contributed by atoms with E-state index in [0.29, 0.717) is 23.6 Å². The number of aromatic nitrogens is 2. The monoisotopic (exact) mass is 293 g/mol. The van der Waals surface area contributed by atoms with E-state index in [9.17, 15) is 8.78 Å². The summed E-state index contributed by atoms with van der Waals surface area (Å²) in [6.07, 6.45) is 1.69. The van der Waals surface area contributed by atoms with Crippen LogP contribution in [0.15, 0.2) is 24.5 Å². The number of hydrogen-bond donors (Lipinski definition) is 1. The molecule has 0 aliphatic heterocycles. The van der Waals surface area contributed by atoms with E-state index in [1.165, 1.54) is 25.6 Å². The van der Waals surface area contributed by atoms with Crippen LogP contribution in [0.5, 0.6) is 5.88 Å². The third kappa shape index (κ3) is 3.33. The van der Waals surface area contributed by atoms with Gasteiger partial charge in [0.05, 0.1) is 7.11 Å².